The van der Waals surface area contributed by atoms with Crippen LogP contribution in [0.5, 0.6) is 0 Å². The molecule has 0 aliphatic heterocycles. The third-order valence-electron chi connectivity index (χ3n) is 9.05. The van der Waals surface area contributed by atoms with E-state index in [0.29, 0.717) is 0 Å². The Balaban J connectivity index is 1.18. The molecule has 0 bridgehead atoms. The highest BCUT2D eigenvalue weighted by atomic mass is 32.1. The van der Waals surface area contributed by atoms with E-state index in [0.717, 1.165) is 17.1 Å². The SMILES string of the molecule is c1cc(-c2cccc3ccccc23)cc(N(c2ccc(-c3ccc4sc5ccccc5c4c3)cc2)c2cccc3ccccc23)c1. The lowest BCUT2D eigenvalue weighted by Gasteiger charge is -2.27. The highest BCUT2D eigenvalue weighted by Gasteiger charge is 2.17. The van der Waals surface area contributed by atoms with E-state index in [1.165, 1.54) is 64.0 Å². The number of nitrogens with zero attached hydrogens (tertiary/aromatic N) is 1. The van der Waals surface area contributed by atoms with Crippen molar-refractivity contribution >= 4 is 70.1 Å². The summed E-state index contributed by atoms with van der Waals surface area (Å²) in [5.41, 5.74) is 8.29. The van der Waals surface area contributed by atoms with Crippen molar-refractivity contribution in [3.63, 3.8) is 0 Å². The van der Waals surface area contributed by atoms with Gasteiger partial charge in [-0.25, -0.2) is 0 Å². The van der Waals surface area contributed by atoms with Gasteiger partial charge >= 0.3 is 0 Å². The van der Waals surface area contributed by atoms with E-state index in [2.05, 4.69) is 181 Å². The van der Waals surface area contributed by atoms with Crippen LogP contribution < -0.4 is 4.90 Å². The number of anilines is 3. The summed E-state index contributed by atoms with van der Waals surface area (Å²) in [6.07, 6.45) is 0. The molecule has 0 saturated heterocycles. The van der Waals surface area contributed by atoms with Gasteiger partial charge in [0.2, 0.25) is 0 Å². The van der Waals surface area contributed by atoms with E-state index in [9.17, 15) is 0 Å². The second-order valence-corrected chi connectivity index (χ2v) is 12.9. The van der Waals surface area contributed by atoms with Crippen molar-refractivity contribution in [1.82, 2.24) is 0 Å². The van der Waals surface area contributed by atoms with Crippen molar-refractivity contribution in [2.24, 2.45) is 0 Å². The molecule has 1 aromatic heterocycles. The van der Waals surface area contributed by atoms with E-state index in [1.807, 2.05) is 11.3 Å². The molecule has 1 nitrogen and oxygen atoms in total. The fourth-order valence-electron chi connectivity index (χ4n) is 6.83. The molecule has 0 N–H and O–H groups in total. The van der Waals surface area contributed by atoms with Crippen molar-refractivity contribution in [1.29, 1.82) is 0 Å². The highest BCUT2D eigenvalue weighted by Crippen LogP contribution is 2.42. The Morgan fingerprint density at radius 3 is 1.83 bits per heavy atom. The zero-order chi connectivity index (χ0) is 30.5. The maximum Gasteiger partial charge on any atom is 0.0540 e. The molecule has 1 heterocycles. The summed E-state index contributed by atoms with van der Waals surface area (Å²) in [6, 6.07) is 64.0. The lowest BCUT2D eigenvalue weighted by atomic mass is 9.97. The monoisotopic (exact) mass is 603 g/mol. The van der Waals surface area contributed by atoms with Crippen LogP contribution in [0.3, 0.4) is 0 Å². The van der Waals surface area contributed by atoms with Crippen molar-refractivity contribution in [3.8, 4) is 22.3 Å². The molecule has 46 heavy (non-hydrogen) atoms. The maximum atomic E-state index is 2.40. The van der Waals surface area contributed by atoms with Crippen molar-refractivity contribution in [3.05, 3.63) is 176 Å². The van der Waals surface area contributed by atoms with E-state index in [1.54, 1.807) is 0 Å². The largest absolute Gasteiger partial charge is 0.310 e. The van der Waals surface area contributed by atoms with Crippen LogP contribution in [0.25, 0.3) is 64.0 Å². The van der Waals surface area contributed by atoms with Gasteiger partial charge in [0.25, 0.3) is 0 Å². The molecule has 8 aromatic carbocycles. The lowest BCUT2D eigenvalue weighted by molar-refractivity contribution is 1.30. The summed E-state index contributed by atoms with van der Waals surface area (Å²) in [7, 11) is 0. The highest BCUT2D eigenvalue weighted by molar-refractivity contribution is 7.25. The first-order valence-electron chi connectivity index (χ1n) is 15.7. The zero-order valence-electron chi connectivity index (χ0n) is 25.1. The van der Waals surface area contributed by atoms with E-state index >= 15 is 0 Å². The number of fused-ring (bicyclic) bond motifs is 5. The maximum absolute atomic E-state index is 2.40. The quantitative estimate of drug-likeness (QED) is 0.189. The van der Waals surface area contributed by atoms with Crippen LogP contribution in [0.4, 0.5) is 17.1 Å². The molecule has 0 unspecified atom stereocenters. The predicted octanol–water partition coefficient (Wildman–Crippen LogP) is 13.2. The molecule has 9 rings (SSSR count). The molecule has 0 fully saturated rings. The van der Waals surface area contributed by atoms with Crippen molar-refractivity contribution < 1.29 is 0 Å². The molecule has 9 aromatic rings. The van der Waals surface area contributed by atoms with Crippen LogP contribution in [0.1, 0.15) is 0 Å². The van der Waals surface area contributed by atoms with Crippen LogP contribution in [0.15, 0.2) is 176 Å². The van der Waals surface area contributed by atoms with Crippen molar-refractivity contribution in [2.75, 3.05) is 4.90 Å². The van der Waals surface area contributed by atoms with Gasteiger partial charge in [0.1, 0.15) is 0 Å². The lowest BCUT2D eigenvalue weighted by Crippen LogP contribution is -2.10. The fourth-order valence-corrected chi connectivity index (χ4v) is 7.92. The number of thiophene rings is 1. The Bertz CT molecular complexity index is 2530. The summed E-state index contributed by atoms with van der Waals surface area (Å²) < 4.78 is 2.66. The third kappa shape index (κ3) is 4.54. The van der Waals surface area contributed by atoms with Gasteiger partial charge in [-0.2, -0.15) is 0 Å². The van der Waals surface area contributed by atoms with Gasteiger partial charge in [-0.1, -0.05) is 127 Å². The standard InChI is InChI=1S/C44H29NS/c1-3-16-37-31(10-1)12-8-19-38(37)34-14-7-15-36(28-34)45(42-20-9-13-32-11-2-4-17-39(32)42)35-25-22-30(23-26-35)33-24-27-44-41(29-33)40-18-5-6-21-43(40)46-44/h1-29H. The van der Waals surface area contributed by atoms with Crippen LogP contribution in [0, 0.1) is 0 Å². The average molecular weight is 604 g/mol. The topological polar surface area (TPSA) is 3.24 Å². The molecule has 0 atom stereocenters. The molecular formula is C44H29NS. The van der Waals surface area contributed by atoms with E-state index in [-0.39, 0.29) is 0 Å². The second kappa shape index (κ2) is 11.0. The number of hydrogen-bond acceptors (Lipinski definition) is 2. The minimum Gasteiger partial charge on any atom is -0.310 e. The summed E-state index contributed by atoms with van der Waals surface area (Å²) in [5.74, 6) is 0. The Morgan fingerprint density at radius 2 is 0.978 bits per heavy atom. The van der Waals surface area contributed by atoms with Crippen LogP contribution in [0.2, 0.25) is 0 Å². The number of rotatable bonds is 5. The Hall–Kier alpha value is -5.70. The normalized spacial score (nSPS) is 11.5. The first-order chi connectivity index (χ1) is 22.8. The molecule has 216 valence electrons. The van der Waals surface area contributed by atoms with Gasteiger partial charge in [0.15, 0.2) is 0 Å². The Morgan fingerprint density at radius 1 is 0.348 bits per heavy atom. The first kappa shape index (κ1) is 26.7. The molecule has 0 saturated carbocycles. The minimum absolute atomic E-state index is 1.12. The molecule has 0 aliphatic carbocycles. The molecule has 0 aliphatic rings. The average Bonchev–Trinajstić information content (AvgIpc) is 3.50. The molecule has 0 radical (unpaired) electrons. The van der Waals surface area contributed by atoms with Crippen molar-refractivity contribution in [2.45, 2.75) is 0 Å². The Kier molecular flexibility index (Phi) is 6.40. The van der Waals surface area contributed by atoms with Crippen LogP contribution >= 0.6 is 11.3 Å². The molecule has 0 spiro atoms. The molecular weight excluding hydrogens is 575 g/mol. The van der Waals surface area contributed by atoms with Gasteiger partial charge in [0.05, 0.1) is 5.69 Å². The van der Waals surface area contributed by atoms with Gasteiger partial charge in [0, 0.05) is 36.9 Å². The number of hydrogen-bond donors (Lipinski definition) is 0. The van der Waals surface area contributed by atoms with Gasteiger partial charge in [-0.3, -0.25) is 0 Å². The van der Waals surface area contributed by atoms with E-state index < -0.39 is 0 Å². The smallest absolute Gasteiger partial charge is 0.0540 e. The number of benzene rings is 8. The predicted molar refractivity (Wildman–Crippen MR) is 200 cm³/mol. The molecule has 0 amide bonds. The zero-order valence-corrected chi connectivity index (χ0v) is 25.9. The fraction of sp³-hybridized carbons (Fsp3) is 0. The first-order valence-corrected chi connectivity index (χ1v) is 16.5. The second-order valence-electron chi connectivity index (χ2n) is 11.8. The van der Waals surface area contributed by atoms with Crippen LogP contribution in [-0.4, -0.2) is 0 Å². The van der Waals surface area contributed by atoms with Gasteiger partial charge in [-0.15, -0.1) is 11.3 Å². The third-order valence-corrected chi connectivity index (χ3v) is 10.2. The summed E-state index contributed by atoms with van der Waals surface area (Å²) in [5, 5.41) is 7.61. The van der Waals surface area contributed by atoms with Gasteiger partial charge < -0.3 is 4.90 Å². The van der Waals surface area contributed by atoms with Crippen LogP contribution in [-0.2, 0) is 0 Å². The molecule has 2 heteroatoms. The summed E-state index contributed by atoms with van der Waals surface area (Å²) in [6.45, 7) is 0. The van der Waals surface area contributed by atoms with E-state index in [4.69, 9.17) is 0 Å². The minimum atomic E-state index is 1.12. The Labute approximate surface area is 272 Å². The summed E-state index contributed by atoms with van der Waals surface area (Å²) in [4.78, 5) is 2.40. The van der Waals surface area contributed by atoms with Gasteiger partial charge in [-0.05, 0) is 86.9 Å². The summed E-state index contributed by atoms with van der Waals surface area (Å²) >= 11 is 1.86.